The maximum atomic E-state index is 4.38. The van der Waals surface area contributed by atoms with Crippen molar-refractivity contribution in [3.05, 3.63) is 23.9 Å². The molecule has 3 heteroatoms. The van der Waals surface area contributed by atoms with Crippen LogP contribution in [0.4, 0.5) is 5.69 Å². The van der Waals surface area contributed by atoms with E-state index in [-0.39, 0.29) is 0 Å². The Morgan fingerprint density at radius 1 is 1.27 bits per heavy atom. The van der Waals surface area contributed by atoms with Crippen molar-refractivity contribution in [2.24, 2.45) is 7.05 Å². The second kappa shape index (κ2) is 4.82. The molecule has 0 unspecified atom stereocenters. The van der Waals surface area contributed by atoms with Crippen LogP contribution >= 0.6 is 0 Å². The number of nitrogens with one attached hydrogen (secondary N) is 1. The molecule has 0 saturated heterocycles. The van der Waals surface area contributed by atoms with E-state index in [2.05, 4.69) is 29.5 Å². The van der Waals surface area contributed by atoms with Crippen LogP contribution in [0.1, 0.15) is 19.4 Å². The molecule has 0 atom stereocenters. The molecule has 15 heavy (non-hydrogen) atoms. The third kappa shape index (κ3) is 2.29. The van der Waals surface area contributed by atoms with Gasteiger partial charge in [0.2, 0.25) is 0 Å². The molecule has 0 spiro atoms. The first-order valence-electron chi connectivity index (χ1n) is 5.32. The number of rotatable bonds is 1. The van der Waals surface area contributed by atoms with Crippen molar-refractivity contribution in [1.29, 1.82) is 0 Å². The van der Waals surface area contributed by atoms with Crippen LogP contribution in [0.25, 0.3) is 10.9 Å². The molecular weight excluding hydrogens is 186 g/mol. The summed E-state index contributed by atoms with van der Waals surface area (Å²) in [6.45, 7) is 6.09. The summed E-state index contributed by atoms with van der Waals surface area (Å²) in [7, 11) is 3.86. The highest BCUT2D eigenvalue weighted by Gasteiger charge is 2.04. The first kappa shape index (κ1) is 11.6. The monoisotopic (exact) mass is 205 g/mol. The molecule has 0 bridgehead atoms. The molecule has 0 fully saturated rings. The van der Waals surface area contributed by atoms with E-state index in [0.29, 0.717) is 0 Å². The maximum absolute atomic E-state index is 4.38. The molecule has 1 N–H and O–H groups in total. The largest absolute Gasteiger partial charge is 0.386 e. The molecule has 1 aromatic heterocycles. The van der Waals surface area contributed by atoms with Crippen LogP contribution in [0.2, 0.25) is 0 Å². The van der Waals surface area contributed by atoms with Gasteiger partial charge in [-0.15, -0.1) is 0 Å². The lowest BCUT2D eigenvalue weighted by molar-refractivity contribution is 0.780. The summed E-state index contributed by atoms with van der Waals surface area (Å²) in [5, 5.41) is 8.71. The van der Waals surface area contributed by atoms with Crippen molar-refractivity contribution < 1.29 is 0 Å². The van der Waals surface area contributed by atoms with Gasteiger partial charge in [-0.3, -0.25) is 4.68 Å². The number of hydrogen-bond donors (Lipinski definition) is 1. The summed E-state index contributed by atoms with van der Waals surface area (Å²) < 4.78 is 1.84. The smallest absolute Gasteiger partial charge is 0.115 e. The molecule has 2 aromatic rings. The standard InChI is InChI=1S/C10H13N3.C2H6/c1-7-4-8-6-13(3)12-10(8)9(5-7)11-2;1-2/h4-6,11H,1-3H3;1-2H3. The fourth-order valence-electron chi connectivity index (χ4n) is 1.60. The second-order valence-corrected chi connectivity index (χ2v) is 3.30. The number of benzene rings is 1. The van der Waals surface area contributed by atoms with Crippen molar-refractivity contribution in [2.45, 2.75) is 20.8 Å². The van der Waals surface area contributed by atoms with Crippen LogP contribution in [-0.2, 0) is 7.05 Å². The molecule has 1 heterocycles. The van der Waals surface area contributed by atoms with Gasteiger partial charge >= 0.3 is 0 Å². The summed E-state index contributed by atoms with van der Waals surface area (Å²) in [6, 6.07) is 4.25. The average Bonchev–Trinajstić information content (AvgIpc) is 2.60. The third-order valence-electron chi connectivity index (χ3n) is 2.14. The Morgan fingerprint density at radius 3 is 2.53 bits per heavy atom. The van der Waals surface area contributed by atoms with E-state index >= 15 is 0 Å². The maximum Gasteiger partial charge on any atom is 0.115 e. The van der Waals surface area contributed by atoms with Crippen molar-refractivity contribution in [3.8, 4) is 0 Å². The zero-order valence-corrected chi connectivity index (χ0v) is 10.1. The Bertz CT molecular complexity index is 443. The van der Waals surface area contributed by atoms with Gasteiger partial charge in [-0.25, -0.2) is 0 Å². The van der Waals surface area contributed by atoms with E-state index in [1.54, 1.807) is 0 Å². The van der Waals surface area contributed by atoms with E-state index in [0.717, 1.165) is 11.2 Å². The highest BCUT2D eigenvalue weighted by atomic mass is 15.2. The van der Waals surface area contributed by atoms with Gasteiger partial charge in [-0.1, -0.05) is 13.8 Å². The number of anilines is 1. The Morgan fingerprint density at radius 2 is 1.93 bits per heavy atom. The molecular formula is C12H19N3. The molecule has 1 aromatic carbocycles. The molecule has 0 aliphatic heterocycles. The zero-order valence-electron chi connectivity index (χ0n) is 10.1. The number of nitrogens with zero attached hydrogens (tertiary/aromatic N) is 2. The van der Waals surface area contributed by atoms with Crippen LogP contribution in [0.5, 0.6) is 0 Å². The van der Waals surface area contributed by atoms with E-state index < -0.39 is 0 Å². The van der Waals surface area contributed by atoms with E-state index in [4.69, 9.17) is 0 Å². The van der Waals surface area contributed by atoms with Crippen LogP contribution in [0, 0.1) is 6.92 Å². The summed E-state index contributed by atoms with van der Waals surface area (Å²) >= 11 is 0. The molecule has 0 radical (unpaired) electrons. The van der Waals surface area contributed by atoms with Gasteiger partial charge in [-0.05, 0) is 24.6 Å². The predicted octanol–water partition coefficient (Wildman–Crippen LogP) is 2.95. The number of fused-ring (bicyclic) bond motifs is 1. The lowest BCUT2D eigenvalue weighted by Gasteiger charge is -2.01. The number of aryl methyl sites for hydroxylation is 2. The average molecular weight is 205 g/mol. The quantitative estimate of drug-likeness (QED) is 0.775. The topological polar surface area (TPSA) is 29.9 Å². The van der Waals surface area contributed by atoms with E-state index in [9.17, 15) is 0 Å². The van der Waals surface area contributed by atoms with Gasteiger partial charge in [-0.2, -0.15) is 5.10 Å². The summed E-state index contributed by atoms with van der Waals surface area (Å²) in [5.41, 5.74) is 3.39. The first-order chi connectivity index (χ1) is 7.20. The Hall–Kier alpha value is -1.51. The van der Waals surface area contributed by atoms with Crippen molar-refractivity contribution in [3.63, 3.8) is 0 Å². The van der Waals surface area contributed by atoms with Gasteiger partial charge in [0.25, 0.3) is 0 Å². The molecule has 0 saturated carbocycles. The van der Waals surface area contributed by atoms with Crippen LogP contribution in [-0.4, -0.2) is 16.8 Å². The van der Waals surface area contributed by atoms with Gasteiger partial charge in [0, 0.05) is 25.7 Å². The third-order valence-corrected chi connectivity index (χ3v) is 2.14. The number of aromatic nitrogens is 2. The summed E-state index contributed by atoms with van der Waals surface area (Å²) in [6.07, 6.45) is 2.03. The van der Waals surface area contributed by atoms with Crippen LogP contribution in [0.15, 0.2) is 18.3 Å². The molecule has 0 aliphatic carbocycles. The minimum Gasteiger partial charge on any atom is -0.386 e. The molecule has 0 aliphatic rings. The van der Waals surface area contributed by atoms with Crippen molar-refractivity contribution in [1.82, 2.24) is 9.78 Å². The minimum absolute atomic E-state index is 1.04. The predicted molar refractivity (Wildman–Crippen MR) is 66.3 cm³/mol. The molecule has 0 amide bonds. The lowest BCUT2D eigenvalue weighted by Crippen LogP contribution is -1.91. The fraction of sp³-hybridized carbons (Fsp3) is 0.417. The molecule has 82 valence electrons. The second-order valence-electron chi connectivity index (χ2n) is 3.30. The Balaban J connectivity index is 0.000000531. The van der Waals surface area contributed by atoms with Crippen LogP contribution in [0.3, 0.4) is 0 Å². The van der Waals surface area contributed by atoms with Gasteiger partial charge in [0.15, 0.2) is 0 Å². The zero-order chi connectivity index (χ0) is 11.4. The van der Waals surface area contributed by atoms with E-state index in [1.165, 1.54) is 10.9 Å². The number of hydrogen-bond acceptors (Lipinski definition) is 2. The van der Waals surface area contributed by atoms with Crippen LogP contribution < -0.4 is 5.32 Å². The Kier molecular flexibility index (Phi) is 3.72. The summed E-state index contributed by atoms with van der Waals surface area (Å²) in [4.78, 5) is 0. The highest BCUT2D eigenvalue weighted by Crippen LogP contribution is 2.22. The van der Waals surface area contributed by atoms with Gasteiger partial charge in [0.1, 0.15) is 5.52 Å². The van der Waals surface area contributed by atoms with E-state index in [1.807, 2.05) is 38.8 Å². The summed E-state index contributed by atoms with van der Waals surface area (Å²) in [5.74, 6) is 0. The first-order valence-corrected chi connectivity index (χ1v) is 5.32. The highest BCUT2D eigenvalue weighted by molar-refractivity contribution is 5.90. The fourth-order valence-corrected chi connectivity index (χ4v) is 1.60. The van der Waals surface area contributed by atoms with Crippen molar-refractivity contribution >= 4 is 16.6 Å². The molecule has 2 rings (SSSR count). The SMILES string of the molecule is CC.CNc1cc(C)cc2cn(C)nc12. The normalized spacial score (nSPS) is 9.67. The van der Waals surface area contributed by atoms with Gasteiger partial charge < -0.3 is 5.32 Å². The molecule has 3 nitrogen and oxygen atoms in total. The Labute approximate surface area is 91.1 Å². The van der Waals surface area contributed by atoms with Crippen molar-refractivity contribution in [2.75, 3.05) is 12.4 Å². The van der Waals surface area contributed by atoms with Gasteiger partial charge in [0.05, 0.1) is 5.69 Å². The lowest BCUT2D eigenvalue weighted by atomic mass is 10.1. The minimum atomic E-state index is 1.04.